The van der Waals surface area contributed by atoms with Gasteiger partial charge in [-0.1, -0.05) is 0 Å². The second-order valence-electron chi connectivity index (χ2n) is 7.11. The highest BCUT2D eigenvalue weighted by molar-refractivity contribution is 7.89. The summed E-state index contributed by atoms with van der Waals surface area (Å²) in [5, 5.41) is 18.3. The average molecular weight is 425 g/mol. The van der Waals surface area contributed by atoms with Crippen molar-refractivity contribution in [1.29, 1.82) is 5.26 Å². The minimum atomic E-state index is -4.31. The Morgan fingerprint density at radius 2 is 2.14 bits per heavy atom. The molecule has 3 N–H and O–H groups in total. The molecular weight excluding hydrogens is 403 g/mol. The van der Waals surface area contributed by atoms with Crippen LogP contribution in [0.5, 0.6) is 0 Å². The van der Waals surface area contributed by atoms with Gasteiger partial charge in [0.15, 0.2) is 0 Å². The molecule has 1 fully saturated rings. The maximum absolute atomic E-state index is 13.6. The van der Waals surface area contributed by atoms with Crippen LogP contribution in [0.25, 0.3) is 10.9 Å². The molecule has 1 aromatic carbocycles. The van der Waals surface area contributed by atoms with E-state index in [9.17, 15) is 23.0 Å². The number of rotatable bonds is 6. The van der Waals surface area contributed by atoms with Crippen molar-refractivity contribution in [2.75, 3.05) is 30.3 Å². The largest absolute Gasteiger partial charge is 0.598 e. The van der Waals surface area contributed by atoms with Crippen molar-refractivity contribution in [1.82, 2.24) is 10.3 Å². The first-order valence-corrected chi connectivity index (χ1v) is 10.6. The number of aromatic nitrogens is 1. The zero-order valence-electron chi connectivity index (χ0n) is 15.7. The standard InChI is InChI=1S/C19H22F3N5OS/c20-19(21,22)14-9-15(25-7-2-8-29(24)28)12-27(11-14)17-5-4-13(10-23)18-16(17)3-1-6-26-18/h1,3-6,14-15,25H,2,7-9,11-12,24H2. The van der Waals surface area contributed by atoms with Crippen LogP contribution in [0.1, 0.15) is 18.4 Å². The zero-order chi connectivity index (χ0) is 21.0. The molecule has 10 heteroatoms. The van der Waals surface area contributed by atoms with Crippen molar-refractivity contribution in [2.24, 2.45) is 11.1 Å². The Morgan fingerprint density at radius 1 is 1.34 bits per heavy atom. The molecule has 2 aromatic rings. The molecule has 2 heterocycles. The Morgan fingerprint density at radius 3 is 2.83 bits per heavy atom. The molecule has 1 saturated heterocycles. The SMILES string of the molecule is N#Cc1ccc(N2CC(NCCC[S+](N)[O-])CC(C(F)(F)F)C2)c2cccnc12. The third-order valence-corrected chi connectivity index (χ3v) is 5.77. The smallest absolute Gasteiger partial charge is 0.393 e. The third kappa shape index (κ3) is 5.30. The highest BCUT2D eigenvalue weighted by Crippen LogP contribution is 2.37. The van der Waals surface area contributed by atoms with Gasteiger partial charge in [0.1, 0.15) is 11.8 Å². The van der Waals surface area contributed by atoms with E-state index in [2.05, 4.69) is 16.4 Å². The number of fused-ring (bicyclic) bond motifs is 1. The molecule has 156 valence electrons. The number of halogens is 3. The van der Waals surface area contributed by atoms with Crippen molar-refractivity contribution in [3.63, 3.8) is 0 Å². The van der Waals surface area contributed by atoms with E-state index < -0.39 is 23.5 Å². The van der Waals surface area contributed by atoms with Crippen LogP contribution in [0, 0.1) is 17.2 Å². The lowest BCUT2D eigenvalue weighted by atomic mass is 9.92. The van der Waals surface area contributed by atoms with Crippen LogP contribution in [0.3, 0.4) is 0 Å². The highest BCUT2D eigenvalue weighted by atomic mass is 32.2. The van der Waals surface area contributed by atoms with Gasteiger partial charge in [-0.05, 0) is 37.2 Å². The summed E-state index contributed by atoms with van der Waals surface area (Å²) in [6.07, 6.45) is -2.23. The van der Waals surface area contributed by atoms with Gasteiger partial charge in [-0.25, -0.2) is 0 Å². The Bertz CT molecular complexity index is 886. The molecule has 1 aliphatic rings. The average Bonchev–Trinajstić information content (AvgIpc) is 2.69. The normalized spacial score (nSPS) is 21.2. The summed E-state index contributed by atoms with van der Waals surface area (Å²) in [7, 11) is 0. The number of nitriles is 1. The number of hydrogen-bond acceptors (Lipinski definition) is 6. The fraction of sp³-hybridized carbons (Fsp3) is 0.474. The van der Waals surface area contributed by atoms with Gasteiger partial charge in [0.2, 0.25) is 0 Å². The molecule has 29 heavy (non-hydrogen) atoms. The summed E-state index contributed by atoms with van der Waals surface area (Å²) in [5.74, 6) is -1.17. The van der Waals surface area contributed by atoms with Gasteiger partial charge in [-0.3, -0.25) is 4.98 Å². The Labute approximate surface area is 170 Å². The first-order valence-electron chi connectivity index (χ1n) is 9.25. The van der Waals surface area contributed by atoms with Crippen LogP contribution in [-0.4, -0.2) is 47.1 Å². The molecule has 0 aliphatic carbocycles. The lowest BCUT2D eigenvalue weighted by Crippen LogP contribution is -2.53. The number of anilines is 1. The van der Waals surface area contributed by atoms with Crippen molar-refractivity contribution >= 4 is 28.0 Å². The number of hydrogen-bond donors (Lipinski definition) is 2. The van der Waals surface area contributed by atoms with E-state index in [0.717, 1.165) is 0 Å². The Kier molecular flexibility index (Phi) is 6.85. The summed E-state index contributed by atoms with van der Waals surface area (Å²) in [6.45, 7) is 0.695. The summed E-state index contributed by atoms with van der Waals surface area (Å²) in [6, 6.07) is 8.48. The predicted octanol–water partition coefficient (Wildman–Crippen LogP) is 2.47. The predicted molar refractivity (Wildman–Crippen MR) is 106 cm³/mol. The summed E-state index contributed by atoms with van der Waals surface area (Å²) < 4.78 is 51.7. The second-order valence-corrected chi connectivity index (χ2v) is 8.28. The number of pyridine rings is 1. The van der Waals surface area contributed by atoms with E-state index >= 15 is 0 Å². The van der Waals surface area contributed by atoms with Crippen molar-refractivity contribution in [3.8, 4) is 6.07 Å². The molecule has 0 radical (unpaired) electrons. The van der Waals surface area contributed by atoms with Crippen LogP contribution in [0.4, 0.5) is 18.9 Å². The third-order valence-electron chi connectivity index (χ3n) is 5.08. The first-order chi connectivity index (χ1) is 13.8. The maximum atomic E-state index is 13.6. The van der Waals surface area contributed by atoms with Crippen molar-refractivity contribution < 1.29 is 17.7 Å². The molecule has 3 rings (SSSR count). The van der Waals surface area contributed by atoms with Gasteiger partial charge in [0, 0.05) is 54.2 Å². The lowest BCUT2D eigenvalue weighted by Gasteiger charge is -2.40. The fourth-order valence-corrected chi connectivity index (χ4v) is 4.15. The van der Waals surface area contributed by atoms with E-state index in [-0.39, 0.29) is 19.0 Å². The number of benzene rings is 1. The number of alkyl halides is 3. The van der Waals surface area contributed by atoms with E-state index in [1.807, 2.05) is 0 Å². The topological polar surface area (TPSA) is 101 Å². The summed E-state index contributed by atoms with van der Waals surface area (Å²) >= 11 is -1.41. The Hall–Kier alpha value is -2.06. The summed E-state index contributed by atoms with van der Waals surface area (Å²) in [4.78, 5) is 5.96. The van der Waals surface area contributed by atoms with E-state index in [4.69, 9.17) is 5.14 Å². The van der Waals surface area contributed by atoms with Gasteiger partial charge in [0.25, 0.3) is 0 Å². The molecular formula is C19H22F3N5OS. The van der Waals surface area contributed by atoms with Gasteiger partial charge in [-0.2, -0.15) is 23.6 Å². The van der Waals surface area contributed by atoms with Gasteiger partial charge >= 0.3 is 6.18 Å². The second kappa shape index (κ2) is 9.17. The van der Waals surface area contributed by atoms with E-state index in [0.29, 0.717) is 47.4 Å². The van der Waals surface area contributed by atoms with Gasteiger partial charge in [-0.15, -0.1) is 0 Å². The molecule has 1 aliphatic heterocycles. The lowest BCUT2D eigenvalue weighted by molar-refractivity contribution is -0.177. The monoisotopic (exact) mass is 425 g/mol. The molecule has 0 bridgehead atoms. The zero-order valence-corrected chi connectivity index (χ0v) is 16.5. The van der Waals surface area contributed by atoms with Crippen LogP contribution >= 0.6 is 0 Å². The number of nitrogens with one attached hydrogen (secondary N) is 1. The Balaban J connectivity index is 1.85. The quantitative estimate of drug-likeness (QED) is 0.545. The molecule has 1 aromatic heterocycles. The van der Waals surface area contributed by atoms with Crippen LogP contribution in [-0.2, 0) is 11.4 Å². The number of nitrogens with zero attached hydrogens (tertiary/aromatic N) is 3. The van der Waals surface area contributed by atoms with Crippen LogP contribution < -0.4 is 15.4 Å². The fourth-order valence-electron chi connectivity index (χ4n) is 3.73. The molecule has 0 amide bonds. The number of nitrogens with two attached hydrogens (primary N) is 1. The molecule has 3 unspecified atom stereocenters. The first kappa shape index (κ1) is 21.6. The van der Waals surface area contributed by atoms with E-state index in [1.165, 1.54) is 0 Å². The van der Waals surface area contributed by atoms with E-state index in [1.54, 1.807) is 35.4 Å². The molecule has 0 saturated carbocycles. The van der Waals surface area contributed by atoms with Crippen LogP contribution in [0.2, 0.25) is 0 Å². The molecule has 3 atom stereocenters. The van der Waals surface area contributed by atoms with Crippen LogP contribution in [0.15, 0.2) is 30.5 Å². The van der Waals surface area contributed by atoms with Gasteiger partial charge < -0.3 is 14.8 Å². The van der Waals surface area contributed by atoms with Crippen molar-refractivity contribution in [3.05, 3.63) is 36.0 Å². The molecule has 0 spiro atoms. The highest BCUT2D eigenvalue weighted by Gasteiger charge is 2.44. The number of piperidine rings is 1. The maximum Gasteiger partial charge on any atom is 0.393 e. The van der Waals surface area contributed by atoms with Crippen molar-refractivity contribution in [2.45, 2.75) is 25.1 Å². The van der Waals surface area contributed by atoms with Gasteiger partial charge in [0.05, 0.1) is 17.0 Å². The minimum absolute atomic E-state index is 0.0157. The minimum Gasteiger partial charge on any atom is -0.598 e. The summed E-state index contributed by atoms with van der Waals surface area (Å²) in [5.41, 5.74) is 1.51. The molecule has 6 nitrogen and oxygen atoms in total.